The molecule has 0 unspecified atom stereocenters. The third-order valence-corrected chi connectivity index (χ3v) is 4.50. The van der Waals surface area contributed by atoms with E-state index in [1.807, 2.05) is 0 Å². The molecule has 1 aliphatic heterocycles. The monoisotopic (exact) mass is 349 g/mol. The van der Waals surface area contributed by atoms with Crippen LogP contribution in [-0.4, -0.2) is 47.1 Å². The number of nitrogens with one attached hydrogen (secondary N) is 1. The van der Waals surface area contributed by atoms with Crippen LogP contribution < -0.4 is 5.32 Å². The van der Waals surface area contributed by atoms with Crippen LogP contribution in [0.25, 0.3) is 0 Å². The molecule has 1 heterocycles. The Balaban J connectivity index is 2.09. The maximum atomic E-state index is 12.0. The Bertz CT molecular complexity index is 632. The zero-order valence-electron chi connectivity index (χ0n) is 15.4. The maximum Gasteiger partial charge on any atom is 0.345 e. The number of nitro groups is 1. The van der Waals surface area contributed by atoms with Crippen LogP contribution in [0.4, 0.5) is 11.4 Å². The first kappa shape index (κ1) is 19.2. The summed E-state index contributed by atoms with van der Waals surface area (Å²) in [5.74, 6) is -0.666. The highest BCUT2D eigenvalue weighted by molar-refractivity contribution is 5.95. The molecule has 0 atom stereocenters. The SMILES string of the molecule is CCOC(=O)c1cc(NC2CCN(C(C)(C)C)CC2)ccc1[N+](=O)[O-]. The van der Waals surface area contributed by atoms with Gasteiger partial charge in [-0.25, -0.2) is 4.79 Å². The number of likely N-dealkylation sites (tertiary alicyclic amines) is 1. The number of carbonyl (C=O) groups excluding carboxylic acids is 1. The Kier molecular flexibility index (Phi) is 6.00. The Hall–Kier alpha value is -2.15. The fourth-order valence-corrected chi connectivity index (χ4v) is 3.09. The average Bonchev–Trinajstić information content (AvgIpc) is 2.54. The van der Waals surface area contributed by atoms with Gasteiger partial charge < -0.3 is 10.1 Å². The Labute approximate surface area is 148 Å². The van der Waals surface area contributed by atoms with E-state index in [2.05, 4.69) is 31.0 Å². The van der Waals surface area contributed by atoms with Gasteiger partial charge in [0.15, 0.2) is 0 Å². The topological polar surface area (TPSA) is 84.7 Å². The van der Waals surface area contributed by atoms with E-state index in [1.165, 1.54) is 12.1 Å². The van der Waals surface area contributed by atoms with E-state index in [-0.39, 0.29) is 29.4 Å². The van der Waals surface area contributed by atoms with E-state index in [0.717, 1.165) is 25.9 Å². The van der Waals surface area contributed by atoms with Gasteiger partial charge in [-0.05, 0) is 52.7 Å². The summed E-state index contributed by atoms with van der Waals surface area (Å²) < 4.78 is 4.94. The first-order chi connectivity index (χ1) is 11.7. The van der Waals surface area contributed by atoms with E-state index in [4.69, 9.17) is 4.74 Å². The number of benzene rings is 1. The molecule has 1 aliphatic rings. The van der Waals surface area contributed by atoms with Crippen molar-refractivity contribution in [1.29, 1.82) is 0 Å². The van der Waals surface area contributed by atoms with E-state index >= 15 is 0 Å². The third-order valence-electron chi connectivity index (χ3n) is 4.50. The summed E-state index contributed by atoms with van der Waals surface area (Å²) in [5.41, 5.74) is 0.633. The highest BCUT2D eigenvalue weighted by Crippen LogP contribution is 2.26. The number of carbonyl (C=O) groups is 1. The van der Waals surface area contributed by atoms with Crippen molar-refractivity contribution < 1.29 is 14.5 Å². The molecule has 1 saturated heterocycles. The van der Waals surface area contributed by atoms with Gasteiger partial charge in [-0.15, -0.1) is 0 Å². The number of ether oxygens (including phenoxy) is 1. The first-order valence-corrected chi connectivity index (χ1v) is 8.69. The van der Waals surface area contributed by atoms with Gasteiger partial charge in [0.2, 0.25) is 0 Å². The molecule has 0 aromatic heterocycles. The standard InChI is InChI=1S/C18H27N3O4/c1-5-25-17(22)15-12-14(6-7-16(15)21(23)24)19-13-8-10-20(11-9-13)18(2,3)4/h6-7,12-13,19H,5,8-11H2,1-4H3. The molecule has 25 heavy (non-hydrogen) atoms. The number of hydrogen-bond acceptors (Lipinski definition) is 6. The highest BCUT2D eigenvalue weighted by atomic mass is 16.6. The number of nitrogens with zero attached hydrogens (tertiary/aromatic N) is 2. The Morgan fingerprint density at radius 1 is 1.36 bits per heavy atom. The Morgan fingerprint density at radius 3 is 2.52 bits per heavy atom. The molecule has 138 valence electrons. The number of anilines is 1. The summed E-state index contributed by atoms with van der Waals surface area (Å²) in [6, 6.07) is 4.82. The smallest absolute Gasteiger partial charge is 0.345 e. The predicted molar refractivity (Wildman–Crippen MR) is 97.0 cm³/mol. The quantitative estimate of drug-likeness (QED) is 0.498. The van der Waals surface area contributed by atoms with Gasteiger partial charge in [0.05, 0.1) is 11.5 Å². The molecule has 0 spiro atoms. The molecule has 1 N–H and O–H groups in total. The lowest BCUT2D eigenvalue weighted by molar-refractivity contribution is -0.385. The van der Waals surface area contributed by atoms with Crippen molar-refractivity contribution in [2.45, 2.75) is 52.1 Å². The fraction of sp³-hybridized carbons (Fsp3) is 0.611. The van der Waals surface area contributed by atoms with Crippen molar-refractivity contribution in [1.82, 2.24) is 4.90 Å². The molecule has 1 fully saturated rings. The zero-order valence-corrected chi connectivity index (χ0v) is 15.4. The second-order valence-electron chi connectivity index (χ2n) is 7.29. The largest absolute Gasteiger partial charge is 0.462 e. The summed E-state index contributed by atoms with van der Waals surface area (Å²) in [5, 5.41) is 14.5. The van der Waals surface area contributed by atoms with Crippen LogP contribution in [0.2, 0.25) is 0 Å². The average molecular weight is 349 g/mol. The predicted octanol–water partition coefficient (Wildman–Crippen LogP) is 3.45. The lowest BCUT2D eigenvalue weighted by atomic mass is 9.98. The molecule has 7 heteroatoms. The van der Waals surface area contributed by atoms with Crippen LogP contribution in [-0.2, 0) is 4.74 Å². The van der Waals surface area contributed by atoms with Gasteiger partial charge in [-0.2, -0.15) is 0 Å². The molecule has 0 aliphatic carbocycles. The molecule has 1 aromatic carbocycles. The van der Waals surface area contributed by atoms with Crippen molar-refractivity contribution in [2.75, 3.05) is 25.0 Å². The van der Waals surface area contributed by atoms with Crippen molar-refractivity contribution in [2.24, 2.45) is 0 Å². The van der Waals surface area contributed by atoms with Crippen LogP contribution in [0.3, 0.4) is 0 Å². The van der Waals surface area contributed by atoms with Crippen LogP contribution in [0.1, 0.15) is 50.9 Å². The molecule has 0 saturated carbocycles. The minimum atomic E-state index is -0.666. The molecular formula is C18H27N3O4. The molecule has 0 amide bonds. The maximum absolute atomic E-state index is 12.0. The van der Waals surface area contributed by atoms with Crippen LogP contribution in [0, 0.1) is 10.1 Å². The van der Waals surface area contributed by atoms with Crippen LogP contribution in [0.15, 0.2) is 18.2 Å². The third kappa shape index (κ3) is 4.92. The lowest BCUT2D eigenvalue weighted by Gasteiger charge is -2.41. The lowest BCUT2D eigenvalue weighted by Crippen LogP contribution is -2.48. The van der Waals surface area contributed by atoms with Gasteiger partial charge >= 0.3 is 5.97 Å². The molecule has 2 rings (SSSR count). The van der Waals surface area contributed by atoms with Crippen LogP contribution >= 0.6 is 0 Å². The number of rotatable bonds is 5. The number of esters is 1. The zero-order chi connectivity index (χ0) is 18.6. The van der Waals surface area contributed by atoms with E-state index in [9.17, 15) is 14.9 Å². The fourth-order valence-electron chi connectivity index (χ4n) is 3.09. The van der Waals surface area contributed by atoms with Gasteiger partial charge in [0, 0.05) is 36.4 Å². The van der Waals surface area contributed by atoms with Gasteiger partial charge in [0.1, 0.15) is 5.56 Å². The number of nitro benzene ring substituents is 1. The molecular weight excluding hydrogens is 322 g/mol. The normalized spacial score (nSPS) is 16.5. The molecule has 0 bridgehead atoms. The van der Waals surface area contributed by atoms with E-state index < -0.39 is 10.9 Å². The summed E-state index contributed by atoms with van der Waals surface area (Å²) >= 11 is 0. The summed E-state index contributed by atoms with van der Waals surface area (Å²) in [6.45, 7) is 10.5. The van der Waals surface area contributed by atoms with Gasteiger partial charge in [-0.1, -0.05) is 0 Å². The van der Waals surface area contributed by atoms with Gasteiger partial charge in [0.25, 0.3) is 5.69 Å². The second kappa shape index (κ2) is 7.82. The molecule has 7 nitrogen and oxygen atoms in total. The second-order valence-corrected chi connectivity index (χ2v) is 7.29. The van der Waals surface area contributed by atoms with Crippen molar-refractivity contribution >= 4 is 17.3 Å². The van der Waals surface area contributed by atoms with E-state index in [0.29, 0.717) is 5.69 Å². The molecule has 0 radical (unpaired) electrons. The van der Waals surface area contributed by atoms with Crippen molar-refractivity contribution in [3.05, 3.63) is 33.9 Å². The minimum Gasteiger partial charge on any atom is -0.462 e. The van der Waals surface area contributed by atoms with Crippen molar-refractivity contribution in [3.8, 4) is 0 Å². The van der Waals surface area contributed by atoms with Crippen molar-refractivity contribution in [3.63, 3.8) is 0 Å². The Morgan fingerprint density at radius 2 is 2.00 bits per heavy atom. The minimum absolute atomic E-state index is 0.0102. The summed E-state index contributed by atoms with van der Waals surface area (Å²) in [4.78, 5) is 25.0. The van der Waals surface area contributed by atoms with Crippen LogP contribution in [0.5, 0.6) is 0 Å². The molecule has 1 aromatic rings. The summed E-state index contributed by atoms with van der Waals surface area (Å²) in [7, 11) is 0. The van der Waals surface area contributed by atoms with E-state index in [1.54, 1.807) is 13.0 Å². The summed E-state index contributed by atoms with van der Waals surface area (Å²) in [6.07, 6.45) is 1.98. The van der Waals surface area contributed by atoms with Gasteiger partial charge in [-0.3, -0.25) is 15.0 Å². The number of piperidine rings is 1. The highest BCUT2D eigenvalue weighted by Gasteiger charge is 2.27. The first-order valence-electron chi connectivity index (χ1n) is 8.69. The number of hydrogen-bond donors (Lipinski definition) is 1.